The van der Waals surface area contributed by atoms with Gasteiger partial charge in [-0.05, 0) is 49.9 Å². The van der Waals surface area contributed by atoms with E-state index in [1.165, 1.54) is 51.4 Å². The normalized spacial score (nSPS) is 20.2. The van der Waals surface area contributed by atoms with Crippen molar-refractivity contribution < 1.29 is 5.11 Å². The van der Waals surface area contributed by atoms with Crippen molar-refractivity contribution in [1.29, 1.82) is 0 Å². The Morgan fingerprint density at radius 1 is 1.17 bits per heavy atom. The van der Waals surface area contributed by atoms with Crippen LogP contribution < -0.4 is 0 Å². The van der Waals surface area contributed by atoms with E-state index < -0.39 is 0 Å². The standard InChI is InChI=1S/C17H32O/c1-4-5-6-7-8-11-16(18)17(14-15(2)3)12-9-10-13-17/h4,15-16,18H,1,5-14H2,2-3H3. The van der Waals surface area contributed by atoms with Crippen LogP contribution in [0.15, 0.2) is 12.7 Å². The molecule has 1 unspecified atom stereocenters. The molecule has 1 saturated carbocycles. The molecule has 18 heavy (non-hydrogen) atoms. The summed E-state index contributed by atoms with van der Waals surface area (Å²) in [5.41, 5.74) is 0.257. The molecule has 1 aliphatic carbocycles. The number of hydrogen-bond acceptors (Lipinski definition) is 1. The second kappa shape index (κ2) is 7.99. The van der Waals surface area contributed by atoms with Gasteiger partial charge >= 0.3 is 0 Å². The molecule has 1 N–H and O–H groups in total. The average molecular weight is 252 g/mol. The molecule has 1 rings (SSSR count). The first-order valence-corrected chi connectivity index (χ1v) is 7.90. The minimum atomic E-state index is -0.0638. The lowest BCUT2D eigenvalue weighted by Gasteiger charge is -2.36. The van der Waals surface area contributed by atoms with Gasteiger partial charge in [0.15, 0.2) is 0 Å². The van der Waals surface area contributed by atoms with Crippen LogP contribution in [0.3, 0.4) is 0 Å². The van der Waals surface area contributed by atoms with Crippen LogP contribution in [-0.4, -0.2) is 11.2 Å². The Labute approximate surface area is 114 Å². The smallest absolute Gasteiger partial charge is 0.0596 e. The van der Waals surface area contributed by atoms with E-state index in [-0.39, 0.29) is 11.5 Å². The maximum Gasteiger partial charge on any atom is 0.0596 e. The monoisotopic (exact) mass is 252 g/mol. The highest BCUT2D eigenvalue weighted by Gasteiger charge is 2.40. The highest BCUT2D eigenvalue weighted by atomic mass is 16.3. The molecule has 1 fully saturated rings. The molecule has 1 aliphatic rings. The van der Waals surface area contributed by atoms with Gasteiger partial charge in [0.2, 0.25) is 0 Å². The summed E-state index contributed by atoms with van der Waals surface area (Å²) in [5.74, 6) is 0.707. The van der Waals surface area contributed by atoms with Crippen molar-refractivity contribution in [3.8, 4) is 0 Å². The van der Waals surface area contributed by atoms with Crippen molar-refractivity contribution in [3.63, 3.8) is 0 Å². The van der Waals surface area contributed by atoms with Gasteiger partial charge in [-0.1, -0.05) is 45.6 Å². The van der Waals surface area contributed by atoms with Crippen LogP contribution in [0.1, 0.15) is 78.1 Å². The average Bonchev–Trinajstić information content (AvgIpc) is 2.77. The largest absolute Gasteiger partial charge is 0.393 e. The molecule has 0 radical (unpaired) electrons. The second-order valence-corrected chi connectivity index (χ2v) is 6.61. The fourth-order valence-corrected chi connectivity index (χ4v) is 3.67. The molecular formula is C17H32O. The van der Waals surface area contributed by atoms with Gasteiger partial charge in [0, 0.05) is 0 Å². The molecule has 0 aromatic rings. The summed E-state index contributed by atoms with van der Waals surface area (Å²) in [6.45, 7) is 8.33. The second-order valence-electron chi connectivity index (χ2n) is 6.61. The van der Waals surface area contributed by atoms with Crippen LogP contribution in [0.25, 0.3) is 0 Å². The predicted molar refractivity (Wildman–Crippen MR) is 79.6 cm³/mol. The van der Waals surface area contributed by atoms with E-state index in [1.807, 2.05) is 6.08 Å². The summed E-state index contributed by atoms with van der Waals surface area (Å²) in [5, 5.41) is 10.6. The Morgan fingerprint density at radius 3 is 2.39 bits per heavy atom. The van der Waals surface area contributed by atoms with Crippen LogP contribution >= 0.6 is 0 Å². The molecule has 1 nitrogen and oxygen atoms in total. The maximum absolute atomic E-state index is 10.6. The third-order valence-electron chi connectivity index (χ3n) is 4.51. The van der Waals surface area contributed by atoms with Crippen LogP contribution in [0.5, 0.6) is 0 Å². The number of allylic oxidation sites excluding steroid dienone is 1. The summed E-state index contributed by atoms with van der Waals surface area (Å²) in [6, 6.07) is 0. The molecule has 0 aromatic heterocycles. The molecule has 0 aliphatic heterocycles. The van der Waals surface area contributed by atoms with Gasteiger partial charge in [-0.15, -0.1) is 6.58 Å². The van der Waals surface area contributed by atoms with Gasteiger partial charge in [-0.3, -0.25) is 0 Å². The van der Waals surface area contributed by atoms with Crippen molar-refractivity contribution in [2.75, 3.05) is 0 Å². The molecule has 1 atom stereocenters. The SMILES string of the molecule is C=CCCCCCC(O)C1(CC(C)C)CCCC1. The Bertz CT molecular complexity index is 226. The molecule has 0 amide bonds. The quantitative estimate of drug-likeness (QED) is 0.447. The van der Waals surface area contributed by atoms with Crippen molar-refractivity contribution in [1.82, 2.24) is 0 Å². The molecule has 0 bridgehead atoms. The summed E-state index contributed by atoms with van der Waals surface area (Å²) in [4.78, 5) is 0. The number of aliphatic hydroxyl groups excluding tert-OH is 1. The first kappa shape index (κ1) is 15.8. The van der Waals surface area contributed by atoms with Crippen molar-refractivity contribution in [2.24, 2.45) is 11.3 Å². The van der Waals surface area contributed by atoms with E-state index in [4.69, 9.17) is 0 Å². The Balaban J connectivity index is 2.35. The van der Waals surface area contributed by atoms with Gasteiger partial charge in [-0.2, -0.15) is 0 Å². The van der Waals surface area contributed by atoms with Gasteiger partial charge in [-0.25, -0.2) is 0 Å². The first-order valence-electron chi connectivity index (χ1n) is 7.90. The van der Waals surface area contributed by atoms with Crippen molar-refractivity contribution in [2.45, 2.75) is 84.2 Å². The van der Waals surface area contributed by atoms with Gasteiger partial charge in [0.05, 0.1) is 6.10 Å². The lowest BCUT2D eigenvalue weighted by Crippen LogP contribution is -2.34. The topological polar surface area (TPSA) is 20.2 Å². The summed E-state index contributed by atoms with van der Waals surface area (Å²) in [6.07, 6.45) is 14.0. The van der Waals surface area contributed by atoms with E-state index in [0.717, 1.165) is 12.8 Å². The molecular weight excluding hydrogens is 220 g/mol. The third-order valence-corrected chi connectivity index (χ3v) is 4.51. The first-order chi connectivity index (χ1) is 8.60. The zero-order chi connectivity index (χ0) is 13.4. The van der Waals surface area contributed by atoms with Gasteiger partial charge in [0.25, 0.3) is 0 Å². The van der Waals surface area contributed by atoms with Crippen LogP contribution in [0.4, 0.5) is 0 Å². The van der Waals surface area contributed by atoms with E-state index in [9.17, 15) is 5.11 Å². The minimum absolute atomic E-state index is 0.0638. The highest BCUT2D eigenvalue weighted by molar-refractivity contribution is 4.91. The summed E-state index contributed by atoms with van der Waals surface area (Å²) in [7, 11) is 0. The maximum atomic E-state index is 10.6. The van der Waals surface area contributed by atoms with E-state index in [1.54, 1.807) is 0 Å². The fourth-order valence-electron chi connectivity index (χ4n) is 3.67. The van der Waals surface area contributed by atoms with E-state index in [2.05, 4.69) is 20.4 Å². The third kappa shape index (κ3) is 4.76. The van der Waals surface area contributed by atoms with E-state index >= 15 is 0 Å². The molecule has 0 aromatic carbocycles. The highest BCUT2D eigenvalue weighted by Crippen LogP contribution is 2.47. The number of hydrogen-bond donors (Lipinski definition) is 1. The summed E-state index contributed by atoms with van der Waals surface area (Å²) < 4.78 is 0. The predicted octanol–water partition coefficient (Wildman–Crippen LogP) is 5.09. The van der Waals surface area contributed by atoms with Crippen molar-refractivity contribution in [3.05, 3.63) is 12.7 Å². The number of unbranched alkanes of at least 4 members (excludes halogenated alkanes) is 3. The Kier molecular flexibility index (Phi) is 6.99. The molecule has 0 heterocycles. The summed E-state index contributed by atoms with van der Waals surface area (Å²) >= 11 is 0. The van der Waals surface area contributed by atoms with Crippen LogP contribution in [0, 0.1) is 11.3 Å². The molecule has 0 saturated heterocycles. The van der Waals surface area contributed by atoms with Gasteiger partial charge < -0.3 is 5.11 Å². The minimum Gasteiger partial charge on any atom is -0.393 e. The Hall–Kier alpha value is -0.300. The van der Waals surface area contributed by atoms with E-state index in [0.29, 0.717) is 5.92 Å². The van der Waals surface area contributed by atoms with Crippen molar-refractivity contribution >= 4 is 0 Å². The van der Waals surface area contributed by atoms with Crippen LogP contribution in [-0.2, 0) is 0 Å². The van der Waals surface area contributed by atoms with Crippen LogP contribution in [0.2, 0.25) is 0 Å². The number of aliphatic hydroxyl groups is 1. The van der Waals surface area contributed by atoms with Gasteiger partial charge in [0.1, 0.15) is 0 Å². The number of rotatable bonds is 9. The zero-order valence-electron chi connectivity index (χ0n) is 12.5. The zero-order valence-corrected chi connectivity index (χ0v) is 12.5. The molecule has 1 heteroatoms. The lowest BCUT2D eigenvalue weighted by atomic mass is 9.72. The molecule has 106 valence electrons. The Morgan fingerprint density at radius 2 is 1.83 bits per heavy atom. The lowest BCUT2D eigenvalue weighted by molar-refractivity contribution is 0.00543. The fraction of sp³-hybridized carbons (Fsp3) is 0.882. The molecule has 0 spiro atoms.